The zero-order valence-corrected chi connectivity index (χ0v) is 10.1. The zero-order chi connectivity index (χ0) is 13.0. The molecule has 0 saturated carbocycles. The van der Waals surface area contributed by atoms with E-state index in [1.165, 1.54) is 24.3 Å². The Bertz CT molecular complexity index is 594. The fourth-order valence-electron chi connectivity index (χ4n) is 1.43. The lowest BCUT2D eigenvalue weighted by molar-refractivity contribution is 0.104. The van der Waals surface area contributed by atoms with E-state index in [4.69, 9.17) is 11.6 Å². The highest BCUT2D eigenvalue weighted by atomic mass is 35.5. The highest BCUT2D eigenvalue weighted by Gasteiger charge is 2.08. The highest BCUT2D eigenvalue weighted by Crippen LogP contribution is 2.22. The number of benzene rings is 1. The van der Waals surface area contributed by atoms with E-state index in [1.807, 2.05) is 6.07 Å². The van der Waals surface area contributed by atoms with Gasteiger partial charge in [0.2, 0.25) is 0 Å². The van der Waals surface area contributed by atoms with Gasteiger partial charge in [0.1, 0.15) is 5.75 Å². The van der Waals surface area contributed by atoms with Crippen molar-refractivity contribution >= 4 is 23.5 Å². The maximum Gasteiger partial charge on any atom is 0.189 e. The van der Waals surface area contributed by atoms with Crippen LogP contribution in [0.1, 0.15) is 16.1 Å². The van der Waals surface area contributed by atoms with Crippen molar-refractivity contribution in [1.82, 2.24) is 4.98 Å². The number of hydrogen-bond donors (Lipinski definition) is 1. The van der Waals surface area contributed by atoms with E-state index < -0.39 is 0 Å². The van der Waals surface area contributed by atoms with Crippen LogP contribution in [0.5, 0.6) is 5.75 Å². The Morgan fingerprint density at radius 3 is 2.83 bits per heavy atom. The molecular formula is C14H10ClNO2. The van der Waals surface area contributed by atoms with E-state index in [-0.39, 0.29) is 17.1 Å². The molecule has 4 heteroatoms. The number of halogens is 1. The fraction of sp³-hybridized carbons (Fsp3) is 0. The molecule has 0 aliphatic rings. The Morgan fingerprint density at radius 1 is 1.28 bits per heavy atom. The van der Waals surface area contributed by atoms with Gasteiger partial charge in [0, 0.05) is 11.2 Å². The molecule has 2 aromatic rings. The van der Waals surface area contributed by atoms with Gasteiger partial charge in [0.25, 0.3) is 0 Å². The Hall–Kier alpha value is -2.13. The number of pyridine rings is 1. The second-order valence-electron chi connectivity index (χ2n) is 3.61. The van der Waals surface area contributed by atoms with Crippen molar-refractivity contribution in [3.05, 3.63) is 65.0 Å². The molecule has 0 fully saturated rings. The zero-order valence-electron chi connectivity index (χ0n) is 9.38. The number of hydrogen-bond acceptors (Lipinski definition) is 3. The number of aromatic nitrogens is 1. The molecule has 1 aromatic carbocycles. The van der Waals surface area contributed by atoms with Crippen LogP contribution in [-0.2, 0) is 0 Å². The van der Waals surface area contributed by atoms with Crippen molar-refractivity contribution in [2.45, 2.75) is 0 Å². The van der Waals surface area contributed by atoms with Gasteiger partial charge in [-0.2, -0.15) is 0 Å². The molecule has 0 radical (unpaired) electrons. The Kier molecular flexibility index (Phi) is 3.75. The first-order valence-electron chi connectivity index (χ1n) is 5.29. The summed E-state index contributed by atoms with van der Waals surface area (Å²) in [6, 6.07) is 9.75. The summed E-state index contributed by atoms with van der Waals surface area (Å²) in [6.45, 7) is 0. The average Bonchev–Trinajstić information content (AvgIpc) is 2.40. The number of phenols is 1. The highest BCUT2D eigenvalue weighted by molar-refractivity contribution is 6.31. The molecule has 0 amide bonds. The topological polar surface area (TPSA) is 50.2 Å². The number of nitrogens with zero attached hydrogens (tertiary/aromatic N) is 1. The van der Waals surface area contributed by atoms with Crippen molar-refractivity contribution in [2.24, 2.45) is 0 Å². The standard InChI is InChI=1S/C14H10ClNO2/c15-10-4-6-13(17)12(9-10)14(18)7-5-11-3-1-2-8-16-11/h1-9,17H/b7-5+. The van der Waals surface area contributed by atoms with E-state index in [0.29, 0.717) is 10.7 Å². The maximum absolute atomic E-state index is 11.9. The fourth-order valence-corrected chi connectivity index (χ4v) is 1.60. The van der Waals surface area contributed by atoms with Gasteiger partial charge in [-0.05, 0) is 42.5 Å². The van der Waals surface area contributed by atoms with Crippen molar-refractivity contribution < 1.29 is 9.90 Å². The normalized spacial score (nSPS) is 10.7. The Balaban J connectivity index is 2.22. The number of carbonyl (C=O) groups is 1. The van der Waals surface area contributed by atoms with Gasteiger partial charge in [-0.15, -0.1) is 0 Å². The van der Waals surface area contributed by atoms with Gasteiger partial charge in [0.15, 0.2) is 5.78 Å². The monoisotopic (exact) mass is 259 g/mol. The summed E-state index contributed by atoms with van der Waals surface area (Å²) in [6.07, 6.45) is 4.58. The molecule has 0 saturated heterocycles. The second kappa shape index (κ2) is 5.47. The average molecular weight is 260 g/mol. The lowest BCUT2D eigenvalue weighted by Gasteiger charge is -2.00. The molecule has 0 unspecified atom stereocenters. The number of allylic oxidation sites excluding steroid dienone is 1. The molecule has 90 valence electrons. The summed E-state index contributed by atoms with van der Waals surface area (Å²) in [7, 11) is 0. The predicted molar refractivity (Wildman–Crippen MR) is 70.7 cm³/mol. The minimum absolute atomic E-state index is 0.0879. The number of carbonyl (C=O) groups excluding carboxylic acids is 1. The quantitative estimate of drug-likeness (QED) is 0.679. The van der Waals surface area contributed by atoms with Gasteiger partial charge >= 0.3 is 0 Å². The summed E-state index contributed by atoms with van der Waals surface area (Å²) < 4.78 is 0. The predicted octanol–water partition coefficient (Wildman–Crippen LogP) is 3.34. The number of ketones is 1. The van der Waals surface area contributed by atoms with E-state index in [9.17, 15) is 9.90 Å². The first kappa shape index (κ1) is 12.3. The van der Waals surface area contributed by atoms with E-state index in [1.54, 1.807) is 24.4 Å². The maximum atomic E-state index is 11.9. The van der Waals surface area contributed by atoms with E-state index in [0.717, 1.165) is 0 Å². The molecule has 0 spiro atoms. The van der Waals surface area contributed by atoms with Crippen LogP contribution in [0.15, 0.2) is 48.7 Å². The minimum atomic E-state index is -0.319. The van der Waals surface area contributed by atoms with Gasteiger partial charge in [-0.1, -0.05) is 17.7 Å². The summed E-state index contributed by atoms with van der Waals surface area (Å²) >= 11 is 5.78. The molecule has 0 bridgehead atoms. The SMILES string of the molecule is O=C(/C=C/c1ccccn1)c1cc(Cl)ccc1O. The van der Waals surface area contributed by atoms with Gasteiger partial charge in [0.05, 0.1) is 11.3 Å². The van der Waals surface area contributed by atoms with Crippen LogP contribution >= 0.6 is 11.6 Å². The molecule has 0 aliphatic carbocycles. The van der Waals surface area contributed by atoms with Crippen LogP contribution in [0.25, 0.3) is 6.08 Å². The molecule has 3 nitrogen and oxygen atoms in total. The van der Waals surface area contributed by atoms with Crippen LogP contribution in [0.2, 0.25) is 5.02 Å². The number of rotatable bonds is 3. The summed E-state index contributed by atoms with van der Waals surface area (Å²) in [5.74, 6) is -0.407. The minimum Gasteiger partial charge on any atom is -0.507 e. The van der Waals surface area contributed by atoms with Crippen molar-refractivity contribution in [2.75, 3.05) is 0 Å². The third kappa shape index (κ3) is 2.96. The Morgan fingerprint density at radius 2 is 2.11 bits per heavy atom. The number of phenolic OH excluding ortho intramolecular Hbond substituents is 1. The molecule has 2 rings (SSSR count). The first-order valence-corrected chi connectivity index (χ1v) is 5.66. The lowest BCUT2D eigenvalue weighted by atomic mass is 10.1. The van der Waals surface area contributed by atoms with Crippen LogP contribution < -0.4 is 0 Å². The Labute approximate surface area is 109 Å². The second-order valence-corrected chi connectivity index (χ2v) is 4.05. The van der Waals surface area contributed by atoms with Crippen LogP contribution in [0, 0.1) is 0 Å². The summed E-state index contributed by atoms with van der Waals surface area (Å²) in [5, 5.41) is 9.98. The summed E-state index contributed by atoms with van der Waals surface area (Å²) in [4.78, 5) is 15.9. The third-order valence-electron chi connectivity index (χ3n) is 2.32. The molecule has 18 heavy (non-hydrogen) atoms. The van der Waals surface area contributed by atoms with Crippen LogP contribution in [0.3, 0.4) is 0 Å². The van der Waals surface area contributed by atoms with Crippen LogP contribution in [0.4, 0.5) is 0 Å². The van der Waals surface area contributed by atoms with Gasteiger partial charge in [-0.25, -0.2) is 0 Å². The largest absolute Gasteiger partial charge is 0.507 e. The van der Waals surface area contributed by atoms with Gasteiger partial charge in [-0.3, -0.25) is 9.78 Å². The van der Waals surface area contributed by atoms with Crippen molar-refractivity contribution in [3.8, 4) is 5.75 Å². The molecule has 1 aromatic heterocycles. The molecule has 0 aliphatic heterocycles. The van der Waals surface area contributed by atoms with E-state index in [2.05, 4.69) is 4.98 Å². The molecular weight excluding hydrogens is 250 g/mol. The van der Waals surface area contributed by atoms with Crippen molar-refractivity contribution in [1.29, 1.82) is 0 Å². The van der Waals surface area contributed by atoms with E-state index >= 15 is 0 Å². The smallest absolute Gasteiger partial charge is 0.189 e. The third-order valence-corrected chi connectivity index (χ3v) is 2.55. The molecule has 0 atom stereocenters. The molecule has 1 heterocycles. The first-order chi connectivity index (χ1) is 8.66. The summed E-state index contributed by atoms with van der Waals surface area (Å²) in [5.41, 5.74) is 0.849. The molecule has 1 N–H and O–H groups in total. The van der Waals surface area contributed by atoms with Gasteiger partial charge < -0.3 is 5.11 Å². The lowest BCUT2D eigenvalue weighted by Crippen LogP contribution is -1.95. The van der Waals surface area contributed by atoms with Crippen molar-refractivity contribution in [3.63, 3.8) is 0 Å². The number of aromatic hydroxyl groups is 1. The van der Waals surface area contributed by atoms with Crippen LogP contribution in [-0.4, -0.2) is 15.9 Å².